The molecule has 1 nitrogen and oxygen atoms in total. The van der Waals surface area contributed by atoms with Gasteiger partial charge in [-0.2, -0.15) is 0 Å². The van der Waals surface area contributed by atoms with Crippen molar-refractivity contribution in [1.29, 1.82) is 0 Å². The Morgan fingerprint density at radius 1 is 0.938 bits per heavy atom. The van der Waals surface area contributed by atoms with E-state index in [-0.39, 0.29) is 0 Å². The van der Waals surface area contributed by atoms with Gasteiger partial charge in [0.15, 0.2) is 0 Å². The topological polar surface area (TPSA) is 20.2 Å². The molecule has 82 valence electrons. The molecule has 0 radical (unpaired) electrons. The fourth-order valence-electron chi connectivity index (χ4n) is 1.72. The maximum atomic E-state index is 10.6. The Balaban J connectivity index is 2.47. The molecule has 1 N–H and O–H groups in total. The Labute approximate surface area is 104 Å². The van der Waals surface area contributed by atoms with Crippen molar-refractivity contribution in [1.82, 2.24) is 0 Å². The van der Waals surface area contributed by atoms with E-state index in [9.17, 15) is 5.11 Å². The summed E-state index contributed by atoms with van der Waals surface area (Å²) in [6, 6.07) is 17.4. The molecule has 0 saturated carbocycles. The number of benzene rings is 2. The highest BCUT2D eigenvalue weighted by Gasteiger charge is 2.25. The van der Waals surface area contributed by atoms with E-state index in [0.717, 1.165) is 15.6 Å². The summed E-state index contributed by atoms with van der Waals surface area (Å²) in [6.45, 7) is 1.81. The van der Waals surface area contributed by atoms with Crippen molar-refractivity contribution in [3.8, 4) is 0 Å². The second-order valence-corrected chi connectivity index (χ2v) is 4.86. The van der Waals surface area contributed by atoms with Gasteiger partial charge in [-0.15, -0.1) is 0 Å². The third kappa shape index (κ3) is 2.18. The van der Waals surface area contributed by atoms with E-state index in [1.54, 1.807) is 0 Å². The van der Waals surface area contributed by atoms with Crippen LogP contribution in [-0.2, 0) is 5.60 Å². The van der Waals surface area contributed by atoms with E-state index in [2.05, 4.69) is 15.9 Å². The van der Waals surface area contributed by atoms with Crippen molar-refractivity contribution in [3.05, 3.63) is 70.2 Å². The maximum absolute atomic E-state index is 10.6. The van der Waals surface area contributed by atoms with E-state index in [1.807, 2.05) is 61.5 Å². The summed E-state index contributed by atoms with van der Waals surface area (Å²) >= 11 is 3.42. The van der Waals surface area contributed by atoms with E-state index < -0.39 is 5.60 Å². The standard InChI is InChI=1S/C14H13BrO/c1-14(16,11-6-3-2-4-7-11)12-8-5-9-13(15)10-12/h2-10,16H,1H3. The number of hydrogen-bond donors (Lipinski definition) is 1. The van der Waals surface area contributed by atoms with E-state index in [1.165, 1.54) is 0 Å². The minimum Gasteiger partial charge on any atom is -0.381 e. The zero-order valence-electron chi connectivity index (χ0n) is 9.02. The summed E-state index contributed by atoms with van der Waals surface area (Å²) in [4.78, 5) is 0. The van der Waals surface area contributed by atoms with Crippen molar-refractivity contribution in [2.75, 3.05) is 0 Å². The van der Waals surface area contributed by atoms with Gasteiger partial charge in [-0.25, -0.2) is 0 Å². The van der Waals surface area contributed by atoms with Crippen molar-refractivity contribution in [2.24, 2.45) is 0 Å². The number of rotatable bonds is 2. The monoisotopic (exact) mass is 276 g/mol. The van der Waals surface area contributed by atoms with E-state index in [4.69, 9.17) is 0 Å². The minimum absolute atomic E-state index is 0.882. The van der Waals surface area contributed by atoms with Gasteiger partial charge in [0.25, 0.3) is 0 Å². The lowest BCUT2D eigenvalue weighted by molar-refractivity contribution is 0.102. The molecule has 0 aliphatic rings. The average molecular weight is 277 g/mol. The van der Waals surface area contributed by atoms with Gasteiger partial charge < -0.3 is 5.11 Å². The van der Waals surface area contributed by atoms with Gasteiger partial charge in [-0.3, -0.25) is 0 Å². The number of hydrogen-bond acceptors (Lipinski definition) is 1. The quantitative estimate of drug-likeness (QED) is 0.887. The number of aliphatic hydroxyl groups is 1. The van der Waals surface area contributed by atoms with Crippen LogP contribution in [-0.4, -0.2) is 5.11 Å². The molecule has 2 rings (SSSR count). The van der Waals surface area contributed by atoms with Crippen molar-refractivity contribution in [2.45, 2.75) is 12.5 Å². The van der Waals surface area contributed by atoms with E-state index in [0.29, 0.717) is 0 Å². The highest BCUT2D eigenvalue weighted by molar-refractivity contribution is 9.10. The van der Waals surface area contributed by atoms with Crippen molar-refractivity contribution in [3.63, 3.8) is 0 Å². The smallest absolute Gasteiger partial charge is 0.112 e. The Morgan fingerprint density at radius 2 is 1.56 bits per heavy atom. The molecule has 1 unspecified atom stereocenters. The van der Waals surface area contributed by atoms with Crippen LogP contribution in [0.5, 0.6) is 0 Å². The van der Waals surface area contributed by atoms with Gasteiger partial charge in [-0.05, 0) is 30.2 Å². The lowest BCUT2D eigenvalue weighted by atomic mass is 9.88. The van der Waals surface area contributed by atoms with Gasteiger partial charge in [0.1, 0.15) is 5.60 Å². The number of halogens is 1. The zero-order chi connectivity index (χ0) is 11.6. The first-order valence-electron chi connectivity index (χ1n) is 5.14. The Hall–Kier alpha value is -1.12. The van der Waals surface area contributed by atoms with Crippen molar-refractivity contribution < 1.29 is 5.11 Å². The molecule has 0 bridgehead atoms. The molecule has 0 amide bonds. The largest absolute Gasteiger partial charge is 0.381 e. The highest BCUT2D eigenvalue weighted by atomic mass is 79.9. The Bertz CT molecular complexity index is 477. The molecular weight excluding hydrogens is 264 g/mol. The average Bonchev–Trinajstić information content (AvgIpc) is 2.30. The first-order valence-corrected chi connectivity index (χ1v) is 5.94. The third-order valence-corrected chi connectivity index (χ3v) is 3.22. The highest BCUT2D eigenvalue weighted by Crippen LogP contribution is 2.30. The molecule has 2 aromatic rings. The molecule has 0 aliphatic heterocycles. The first-order chi connectivity index (χ1) is 7.60. The summed E-state index contributed by atoms with van der Waals surface area (Å²) in [7, 11) is 0. The van der Waals surface area contributed by atoms with Crippen LogP contribution in [0.25, 0.3) is 0 Å². The predicted molar refractivity (Wildman–Crippen MR) is 69.3 cm³/mol. The van der Waals surface area contributed by atoms with Gasteiger partial charge in [-0.1, -0.05) is 58.4 Å². The summed E-state index contributed by atoms with van der Waals surface area (Å²) in [6.07, 6.45) is 0. The molecule has 0 heterocycles. The molecule has 16 heavy (non-hydrogen) atoms. The second-order valence-electron chi connectivity index (χ2n) is 3.95. The van der Waals surface area contributed by atoms with Crippen LogP contribution in [0.4, 0.5) is 0 Å². The maximum Gasteiger partial charge on any atom is 0.112 e. The lowest BCUT2D eigenvalue weighted by Gasteiger charge is -2.24. The van der Waals surface area contributed by atoms with Crippen molar-refractivity contribution >= 4 is 15.9 Å². The summed E-state index contributed by atoms with van der Waals surface area (Å²) in [5.74, 6) is 0. The normalized spacial score (nSPS) is 14.4. The molecule has 0 aliphatic carbocycles. The third-order valence-electron chi connectivity index (χ3n) is 2.72. The van der Waals surface area contributed by atoms with Crippen LogP contribution < -0.4 is 0 Å². The Kier molecular flexibility index (Phi) is 3.13. The fourth-order valence-corrected chi connectivity index (χ4v) is 2.12. The molecule has 0 spiro atoms. The van der Waals surface area contributed by atoms with Crippen LogP contribution in [0.15, 0.2) is 59.1 Å². The van der Waals surface area contributed by atoms with Gasteiger partial charge >= 0.3 is 0 Å². The lowest BCUT2D eigenvalue weighted by Crippen LogP contribution is -2.22. The van der Waals surface area contributed by atoms with Crippen LogP contribution in [0, 0.1) is 0 Å². The van der Waals surface area contributed by atoms with Crippen LogP contribution >= 0.6 is 15.9 Å². The zero-order valence-corrected chi connectivity index (χ0v) is 10.6. The summed E-state index contributed by atoms with van der Waals surface area (Å²) in [5.41, 5.74) is 0.826. The van der Waals surface area contributed by atoms with Gasteiger partial charge in [0, 0.05) is 4.47 Å². The van der Waals surface area contributed by atoms with Crippen LogP contribution in [0.2, 0.25) is 0 Å². The van der Waals surface area contributed by atoms with Crippen LogP contribution in [0.1, 0.15) is 18.1 Å². The minimum atomic E-state index is -0.953. The Morgan fingerprint density at radius 3 is 2.19 bits per heavy atom. The second kappa shape index (κ2) is 4.40. The molecular formula is C14H13BrO. The molecule has 0 aromatic heterocycles. The summed E-state index contributed by atoms with van der Waals surface area (Å²) in [5, 5.41) is 10.6. The first kappa shape index (κ1) is 11.4. The van der Waals surface area contributed by atoms with Gasteiger partial charge in [0.2, 0.25) is 0 Å². The molecule has 2 aromatic carbocycles. The SMILES string of the molecule is CC(O)(c1ccccc1)c1cccc(Br)c1. The summed E-state index contributed by atoms with van der Waals surface area (Å²) < 4.78 is 0.973. The fraction of sp³-hybridized carbons (Fsp3) is 0.143. The van der Waals surface area contributed by atoms with Crippen LogP contribution in [0.3, 0.4) is 0 Å². The molecule has 0 saturated heterocycles. The predicted octanol–water partition coefficient (Wildman–Crippen LogP) is 3.70. The van der Waals surface area contributed by atoms with E-state index >= 15 is 0 Å². The molecule has 0 fully saturated rings. The van der Waals surface area contributed by atoms with Gasteiger partial charge in [0.05, 0.1) is 0 Å². The molecule has 2 heteroatoms. The molecule has 1 atom stereocenters.